The predicted octanol–water partition coefficient (Wildman–Crippen LogP) is 6.38. The summed E-state index contributed by atoms with van der Waals surface area (Å²) >= 11 is 22.5. The number of fused-ring (bicyclic) bond motifs is 3. The number of hydrogen-bond donors (Lipinski definition) is 0. The fraction of sp³-hybridized carbons (Fsp3) is 0.108. The van der Waals surface area contributed by atoms with Gasteiger partial charge in [-0.25, -0.2) is 39.3 Å². The van der Waals surface area contributed by atoms with E-state index in [1.54, 1.807) is 21.5 Å². The molecule has 0 atom stereocenters. The standard InChI is InChI=1S/2C12H9ClN4.C9H9N.C4H2Cl2N2.Na.H/c1-8-2-3-9-6-17(16-10(9)4-8)12-5-11(13)14-7-15-12;1-8-2-3-9-6-16-17(10(9)4-8)12-5-11(13)14-7-15-12;1-7-2-3-8-5-10-6-9(8)4-7;5-3-1-4(6)8-2-7-3;;/h2*2-7H,1H3;2-5H,6H2,1H3;1-2H;;/q;;;;+1;-1. The van der Waals surface area contributed by atoms with Crippen molar-refractivity contribution in [3.8, 4) is 11.6 Å². The van der Waals surface area contributed by atoms with Crippen molar-refractivity contribution in [1.29, 1.82) is 0 Å². The van der Waals surface area contributed by atoms with Crippen molar-refractivity contribution in [3.05, 3.63) is 153 Å². The predicted molar refractivity (Wildman–Crippen MR) is 208 cm³/mol. The zero-order valence-electron chi connectivity index (χ0n) is 30.0. The van der Waals surface area contributed by atoms with Gasteiger partial charge in [-0.05, 0) is 55.2 Å². The number of halogens is 4. The molecule has 0 bridgehead atoms. The van der Waals surface area contributed by atoms with Crippen molar-refractivity contribution in [2.45, 2.75) is 27.3 Å². The quantitative estimate of drug-likeness (QED) is 0.146. The number of aromatic nitrogens is 10. The summed E-state index contributed by atoms with van der Waals surface area (Å²) in [6.45, 7) is 7.07. The van der Waals surface area contributed by atoms with Crippen LogP contribution in [-0.2, 0) is 6.54 Å². The molecule has 11 nitrogen and oxygen atoms in total. The van der Waals surface area contributed by atoms with E-state index in [1.165, 1.54) is 52.9 Å². The van der Waals surface area contributed by atoms with Crippen LogP contribution < -0.4 is 29.6 Å². The summed E-state index contributed by atoms with van der Waals surface area (Å²) in [6.07, 6.45) is 9.84. The Bertz CT molecular complexity index is 2500. The molecular formula is C37H30Cl4N11Na. The van der Waals surface area contributed by atoms with Crippen LogP contribution in [-0.4, -0.2) is 55.7 Å². The summed E-state index contributed by atoms with van der Waals surface area (Å²) in [5.41, 5.74) is 8.29. The molecule has 0 N–H and O–H groups in total. The fourth-order valence-corrected chi connectivity index (χ4v) is 5.63. The van der Waals surface area contributed by atoms with Gasteiger partial charge in [-0.15, -0.1) is 0 Å². The minimum absolute atomic E-state index is 0. The minimum Gasteiger partial charge on any atom is -1.00 e. The van der Waals surface area contributed by atoms with Gasteiger partial charge in [-0.2, -0.15) is 10.2 Å². The Morgan fingerprint density at radius 3 is 1.83 bits per heavy atom. The third kappa shape index (κ3) is 10.9. The maximum atomic E-state index is 5.85. The molecular weight excluding hydrogens is 763 g/mol. The normalized spacial score (nSPS) is 11.0. The van der Waals surface area contributed by atoms with Crippen LogP contribution in [0.1, 0.15) is 29.2 Å². The van der Waals surface area contributed by atoms with Gasteiger partial charge in [0.25, 0.3) is 0 Å². The van der Waals surface area contributed by atoms with Crippen LogP contribution in [0.2, 0.25) is 20.6 Å². The topological polar surface area (TPSA) is 125 Å². The van der Waals surface area contributed by atoms with Crippen molar-refractivity contribution in [2.75, 3.05) is 0 Å². The minimum atomic E-state index is 0. The summed E-state index contributed by atoms with van der Waals surface area (Å²) in [6, 6.07) is 23.6. The van der Waals surface area contributed by atoms with Crippen molar-refractivity contribution >= 4 is 74.4 Å². The van der Waals surface area contributed by atoms with Gasteiger partial charge in [0, 0.05) is 41.4 Å². The number of aliphatic imine (C=N–C) groups is 1. The molecule has 1 aliphatic rings. The first kappa shape index (κ1) is 39.9. The number of hydrogen-bond acceptors (Lipinski definition) is 9. The Hall–Kier alpha value is -4.33. The van der Waals surface area contributed by atoms with E-state index in [1.807, 2.05) is 50.7 Å². The molecule has 0 unspecified atom stereocenters. The van der Waals surface area contributed by atoms with Crippen LogP contribution in [0.15, 0.2) is 109 Å². The van der Waals surface area contributed by atoms with Gasteiger partial charge < -0.3 is 1.43 Å². The molecule has 262 valence electrons. The molecule has 6 heterocycles. The van der Waals surface area contributed by atoms with E-state index in [2.05, 4.69) is 88.4 Å². The monoisotopic (exact) mass is 791 g/mol. The third-order valence-electron chi connectivity index (χ3n) is 7.47. The summed E-state index contributed by atoms with van der Waals surface area (Å²) in [5, 5.41) is 12.5. The van der Waals surface area contributed by atoms with Crippen molar-refractivity contribution in [3.63, 3.8) is 0 Å². The maximum Gasteiger partial charge on any atom is 1.00 e. The summed E-state index contributed by atoms with van der Waals surface area (Å²) < 4.78 is 3.47. The second kappa shape index (κ2) is 18.6. The van der Waals surface area contributed by atoms with E-state index in [0.29, 0.717) is 32.2 Å². The Morgan fingerprint density at radius 2 is 1.17 bits per heavy atom. The maximum absolute atomic E-state index is 5.85. The zero-order valence-corrected chi connectivity index (χ0v) is 34.1. The van der Waals surface area contributed by atoms with Gasteiger partial charge in [0.1, 0.15) is 39.6 Å². The summed E-state index contributed by atoms with van der Waals surface area (Å²) in [5.74, 6) is 1.34. The number of benzene rings is 3. The fourth-order valence-electron chi connectivity index (χ4n) is 5.00. The summed E-state index contributed by atoms with van der Waals surface area (Å²) in [7, 11) is 0. The molecule has 5 aromatic heterocycles. The van der Waals surface area contributed by atoms with E-state index in [-0.39, 0.29) is 31.0 Å². The largest absolute Gasteiger partial charge is 1.00 e. The smallest absolute Gasteiger partial charge is 1.00 e. The first-order chi connectivity index (χ1) is 25.1. The van der Waals surface area contributed by atoms with E-state index in [0.717, 1.165) is 28.4 Å². The molecule has 0 aliphatic carbocycles. The second-order valence-corrected chi connectivity index (χ2v) is 13.0. The van der Waals surface area contributed by atoms with Crippen LogP contribution in [0, 0.1) is 20.8 Å². The molecule has 0 fully saturated rings. The second-order valence-electron chi connectivity index (χ2n) is 11.5. The molecule has 0 saturated carbocycles. The Kier molecular flexibility index (Phi) is 14.0. The average Bonchev–Trinajstić information content (AvgIpc) is 3.87. The van der Waals surface area contributed by atoms with Crippen LogP contribution in [0.25, 0.3) is 33.4 Å². The van der Waals surface area contributed by atoms with Crippen LogP contribution in [0.4, 0.5) is 0 Å². The van der Waals surface area contributed by atoms with Crippen LogP contribution >= 0.6 is 46.4 Å². The Labute approximate surface area is 348 Å². The molecule has 16 heteroatoms. The van der Waals surface area contributed by atoms with Crippen molar-refractivity contribution in [2.24, 2.45) is 4.99 Å². The van der Waals surface area contributed by atoms with E-state index in [9.17, 15) is 0 Å². The molecule has 1 aliphatic heterocycles. The molecule has 9 rings (SSSR count). The molecule has 0 amide bonds. The SMILES string of the molecule is Cc1ccc2c(c1)CN=C2.Cc1ccc2cn(-c3cc(Cl)ncn3)nc2c1.Cc1ccc2cnn(-c3cc(Cl)ncn3)c2c1.Clc1cc(Cl)ncn1.[H-].[Na+]. The summed E-state index contributed by atoms with van der Waals surface area (Å²) in [4.78, 5) is 27.4. The van der Waals surface area contributed by atoms with Crippen LogP contribution in [0.5, 0.6) is 0 Å². The van der Waals surface area contributed by atoms with Crippen molar-refractivity contribution in [1.82, 2.24) is 49.5 Å². The van der Waals surface area contributed by atoms with E-state index in [4.69, 9.17) is 46.4 Å². The molecule has 8 aromatic rings. The molecule has 0 radical (unpaired) electrons. The molecule has 3 aromatic carbocycles. The Balaban J connectivity index is 0.000000165. The van der Waals surface area contributed by atoms with Crippen LogP contribution in [0.3, 0.4) is 0 Å². The molecule has 0 saturated heterocycles. The molecule has 0 spiro atoms. The Morgan fingerprint density at radius 1 is 0.604 bits per heavy atom. The van der Waals surface area contributed by atoms with Crippen molar-refractivity contribution < 1.29 is 31.0 Å². The number of nitrogens with zero attached hydrogens (tertiary/aromatic N) is 11. The van der Waals surface area contributed by atoms with E-state index >= 15 is 0 Å². The van der Waals surface area contributed by atoms with Gasteiger partial charge in [-0.3, -0.25) is 4.99 Å². The van der Waals surface area contributed by atoms with Gasteiger partial charge in [0.05, 0.1) is 23.8 Å². The van der Waals surface area contributed by atoms with Gasteiger partial charge >= 0.3 is 29.6 Å². The van der Waals surface area contributed by atoms with Gasteiger partial charge in [0.2, 0.25) is 0 Å². The number of aryl methyl sites for hydroxylation is 3. The first-order valence-corrected chi connectivity index (χ1v) is 17.2. The molecule has 53 heavy (non-hydrogen) atoms. The first-order valence-electron chi connectivity index (χ1n) is 15.7. The van der Waals surface area contributed by atoms with Gasteiger partial charge in [0.15, 0.2) is 11.6 Å². The number of rotatable bonds is 2. The van der Waals surface area contributed by atoms with Gasteiger partial charge in [-0.1, -0.05) is 94.4 Å². The van der Waals surface area contributed by atoms with E-state index < -0.39 is 0 Å². The average molecular weight is 794 g/mol. The zero-order chi connectivity index (χ0) is 36.6. The third-order valence-corrected chi connectivity index (χ3v) is 8.30.